The summed E-state index contributed by atoms with van der Waals surface area (Å²) in [6.07, 6.45) is 2.00. The zero-order valence-electron chi connectivity index (χ0n) is 11.3. The smallest absolute Gasteiger partial charge is 0.322 e. The molecule has 0 aliphatic heterocycles. The summed E-state index contributed by atoms with van der Waals surface area (Å²) in [5.41, 5.74) is 5.40. The van der Waals surface area contributed by atoms with Gasteiger partial charge in [0.1, 0.15) is 6.04 Å². The molecule has 1 unspecified atom stereocenters. The van der Waals surface area contributed by atoms with E-state index < -0.39 is 6.04 Å². The SMILES string of the molecule is COCCCC(N)C(=O)OCCC(C)(C)OC. The average Bonchev–Trinajstić information content (AvgIpc) is 2.29. The quantitative estimate of drug-likeness (QED) is 0.488. The molecule has 0 saturated carbocycles. The Morgan fingerprint density at radius 3 is 2.47 bits per heavy atom. The summed E-state index contributed by atoms with van der Waals surface area (Å²) in [5, 5.41) is 0. The number of methoxy groups -OCH3 is 2. The van der Waals surface area contributed by atoms with Crippen molar-refractivity contribution in [2.24, 2.45) is 5.73 Å². The maximum absolute atomic E-state index is 11.5. The van der Waals surface area contributed by atoms with Gasteiger partial charge in [-0.05, 0) is 26.7 Å². The van der Waals surface area contributed by atoms with Crippen LogP contribution in [0, 0.1) is 0 Å². The lowest BCUT2D eigenvalue weighted by atomic mass is 10.1. The number of ether oxygens (including phenoxy) is 3. The van der Waals surface area contributed by atoms with E-state index in [-0.39, 0.29) is 11.6 Å². The lowest BCUT2D eigenvalue weighted by molar-refractivity contribution is -0.147. The van der Waals surface area contributed by atoms with Gasteiger partial charge >= 0.3 is 5.97 Å². The summed E-state index contributed by atoms with van der Waals surface area (Å²) in [6.45, 7) is 4.83. The predicted molar refractivity (Wildman–Crippen MR) is 65.7 cm³/mol. The largest absolute Gasteiger partial charge is 0.464 e. The van der Waals surface area contributed by atoms with Crippen LogP contribution in [0.5, 0.6) is 0 Å². The fourth-order valence-corrected chi connectivity index (χ4v) is 1.17. The van der Waals surface area contributed by atoms with Crippen LogP contribution in [0.4, 0.5) is 0 Å². The number of nitrogens with two attached hydrogens (primary N) is 1. The maximum Gasteiger partial charge on any atom is 0.322 e. The minimum absolute atomic E-state index is 0.277. The van der Waals surface area contributed by atoms with Gasteiger partial charge in [-0.2, -0.15) is 0 Å². The summed E-state index contributed by atoms with van der Waals surface area (Å²) in [5.74, 6) is -0.354. The second-order valence-corrected chi connectivity index (χ2v) is 4.62. The van der Waals surface area contributed by atoms with E-state index in [0.717, 1.165) is 6.42 Å². The molecule has 0 spiro atoms. The van der Waals surface area contributed by atoms with E-state index in [1.165, 1.54) is 0 Å². The van der Waals surface area contributed by atoms with E-state index in [0.29, 0.717) is 26.1 Å². The summed E-state index contributed by atoms with van der Waals surface area (Å²) in [6, 6.07) is -0.559. The summed E-state index contributed by atoms with van der Waals surface area (Å²) >= 11 is 0. The molecule has 0 bridgehead atoms. The van der Waals surface area contributed by atoms with Crippen molar-refractivity contribution in [1.29, 1.82) is 0 Å². The second-order valence-electron chi connectivity index (χ2n) is 4.62. The Hall–Kier alpha value is -0.650. The van der Waals surface area contributed by atoms with Crippen LogP contribution < -0.4 is 5.73 Å². The van der Waals surface area contributed by atoms with Crippen molar-refractivity contribution in [2.45, 2.75) is 44.8 Å². The first-order chi connectivity index (χ1) is 7.93. The molecule has 102 valence electrons. The first kappa shape index (κ1) is 16.4. The van der Waals surface area contributed by atoms with Gasteiger partial charge in [0.25, 0.3) is 0 Å². The molecule has 0 aliphatic rings. The lowest BCUT2D eigenvalue weighted by Crippen LogP contribution is -2.34. The molecule has 5 heteroatoms. The third-order valence-corrected chi connectivity index (χ3v) is 2.67. The van der Waals surface area contributed by atoms with Crippen LogP contribution in [0.1, 0.15) is 33.1 Å². The normalized spacial score (nSPS) is 13.5. The minimum Gasteiger partial charge on any atom is -0.464 e. The van der Waals surface area contributed by atoms with E-state index in [1.54, 1.807) is 14.2 Å². The van der Waals surface area contributed by atoms with Crippen molar-refractivity contribution < 1.29 is 19.0 Å². The Balaban J connectivity index is 3.71. The molecule has 0 heterocycles. The second kappa shape index (κ2) is 8.44. The molecule has 1 atom stereocenters. The Bertz CT molecular complexity index is 219. The predicted octanol–water partition coefficient (Wildman–Crippen LogP) is 1.10. The number of carbonyl (C=O) groups is 1. The van der Waals surface area contributed by atoms with Crippen molar-refractivity contribution in [3.63, 3.8) is 0 Å². The van der Waals surface area contributed by atoms with Gasteiger partial charge in [0.05, 0.1) is 12.2 Å². The first-order valence-electron chi connectivity index (χ1n) is 5.89. The van der Waals surface area contributed by atoms with Crippen molar-refractivity contribution in [2.75, 3.05) is 27.4 Å². The van der Waals surface area contributed by atoms with Gasteiger partial charge in [-0.15, -0.1) is 0 Å². The molecule has 0 rings (SSSR count). The number of esters is 1. The highest BCUT2D eigenvalue weighted by atomic mass is 16.5. The molecule has 0 aromatic rings. The minimum atomic E-state index is -0.559. The zero-order chi connectivity index (χ0) is 13.3. The van der Waals surface area contributed by atoms with E-state index in [4.69, 9.17) is 19.9 Å². The molecule has 5 nitrogen and oxygen atoms in total. The van der Waals surface area contributed by atoms with Crippen LogP contribution in [-0.4, -0.2) is 45.0 Å². The van der Waals surface area contributed by atoms with Gasteiger partial charge < -0.3 is 19.9 Å². The third-order valence-electron chi connectivity index (χ3n) is 2.67. The van der Waals surface area contributed by atoms with Crippen molar-refractivity contribution in [1.82, 2.24) is 0 Å². The van der Waals surface area contributed by atoms with Crippen LogP contribution in [0.2, 0.25) is 0 Å². The standard InChI is InChI=1S/C12H25NO4/c1-12(2,16-4)7-9-17-11(14)10(13)6-5-8-15-3/h10H,5-9,13H2,1-4H3. The van der Waals surface area contributed by atoms with Crippen LogP contribution in [-0.2, 0) is 19.0 Å². The molecule has 17 heavy (non-hydrogen) atoms. The van der Waals surface area contributed by atoms with E-state index in [1.807, 2.05) is 13.8 Å². The van der Waals surface area contributed by atoms with Gasteiger partial charge in [0.15, 0.2) is 0 Å². The first-order valence-corrected chi connectivity index (χ1v) is 5.89. The van der Waals surface area contributed by atoms with Crippen LogP contribution in [0.25, 0.3) is 0 Å². The molecule has 0 aromatic heterocycles. The number of rotatable bonds is 9. The summed E-state index contributed by atoms with van der Waals surface area (Å²) in [7, 11) is 3.26. The molecule has 0 aliphatic carbocycles. The molecule has 0 amide bonds. The third kappa shape index (κ3) is 8.12. The van der Waals surface area contributed by atoms with Gasteiger partial charge in [-0.3, -0.25) is 4.79 Å². The molecule has 0 radical (unpaired) electrons. The highest BCUT2D eigenvalue weighted by Gasteiger charge is 2.19. The molecule has 2 N–H and O–H groups in total. The lowest BCUT2D eigenvalue weighted by Gasteiger charge is -2.22. The molecule has 0 saturated heterocycles. The monoisotopic (exact) mass is 247 g/mol. The fraction of sp³-hybridized carbons (Fsp3) is 0.917. The van der Waals surface area contributed by atoms with E-state index in [2.05, 4.69) is 0 Å². The number of hydrogen-bond donors (Lipinski definition) is 1. The Morgan fingerprint density at radius 2 is 1.94 bits per heavy atom. The van der Waals surface area contributed by atoms with Crippen molar-refractivity contribution >= 4 is 5.97 Å². The van der Waals surface area contributed by atoms with Gasteiger partial charge in [0.2, 0.25) is 0 Å². The molecular weight excluding hydrogens is 222 g/mol. The Labute approximate surface area is 104 Å². The number of hydrogen-bond acceptors (Lipinski definition) is 5. The maximum atomic E-state index is 11.5. The van der Waals surface area contributed by atoms with Crippen LogP contribution >= 0.6 is 0 Å². The summed E-state index contributed by atoms with van der Waals surface area (Å²) < 4.78 is 15.2. The van der Waals surface area contributed by atoms with Gasteiger partial charge in [-0.1, -0.05) is 0 Å². The summed E-state index contributed by atoms with van der Waals surface area (Å²) in [4.78, 5) is 11.5. The van der Waals surface area contributed by atoms with Gasteiger partial charge in [0, 0.05) is 27.2 Å². The van der Waals surface area contributed by atoms with Crippen molar-refractivity contribution in [3.8, 4) is 0 Å². The molecule has 0 fully saturated rings. The van der Waals surface area contributed by atoms with E-state index in [9.17, 15) is 4.79 Å². The highest BCUT2D eigenvalue weighted by Crippen LogP contribution is 2.12. The van der Waals surface area contributed by atoms with Gasteiger partial charge in [-0.25, -0.2) is 0 Å². The Morgan fingerprint density at radius 1 is 1.29 bits per heavy atom. The average molecular weight is 247 g/mol. The van der Waals surface area contributed by atoms with Crippen molar-refractivity contribution in [3.05, 3.63) is 0 Å². The zero-order valence-corrected chi connectivity index (χ0v) is 11.3. The molecular formula is C12H25NO4. The molecule has 0 aromatic carbocycles. The fourth-order valence-electron chi connectivity index (χ4n) is 1.17. The Kier molecular flexibility index (Phi) is 8.12. The number of carbonyl (C=O) groups excluding carboxylic acids is 1. The highest BCUT2D eigenvalue weighted by molar-refractivity contribution is 5.75. The van der Waals surface area contributed by atoms with Crippen LogP contribution in [0.15, 0.2) is 0 Å². The van der Waals surface area contributed by atoms with E-state index >= 15 is 0 Å². The topological polar surface area (TPSA) is 70.8 Å². The van der Waals surface area contributed by atoms with Crippen LogP contribution in [0.3, 0.4) is 0 Å².